The predicted molar refractivity (Wildman–Crippen MR) is 228 cm³/mol. The van der Waals surface area contributed by atoms with E-state index in [4.69, 9.17) is 56.8 Å². The van der Waals surface area contributed by atoms with Crippen molar-refractivity contribution in [2.24, 2.45) is 0 Å². The third kappa shape index (κ3) is 10.6. The summed E-state index contributed by atoms with van der Waals surface area (Å²) in [4.78, 5) is 2.21. The number of hydrogen-bond donors (Lipinski definition) is 1. The number of ether oxygens (including phenoxy) is 12. The van der Waals surface area contributed by atoms with E-state index in [1.54, 1.807) is 35.2 Å². The van der Waals surface area contributed by atoms with Crippen LogP contribution in [0.5, 0.6) is 17.2 Å². The lowest BCUT2D eigenvalue weighted by Crippen LogP contribution is -2.73. The molecule has 14 nitrogen and oxygen atoms in total. The third-order valence-electron chi connectivity index (χ3n) is 12.2. The number of rotatable bonds is 20. The second-order valence-corrected chi connectivity index (χ2v) is 16.0. The van der Waals surface area contributed by atoms with Crippen molar-refractivity contribution in [3.8, 4) is 17.2 Å². The molecule has 10 atom stereocenters. The number of methoxy groups -OCH3 is 5. The summed E-state index contributed by atoms with van der Waals surface area (Å²) >= 11 is 0. The molecule has 3 aliphatic heterocycles. The van der Waals surface area contributed by atoms with Gasteiger partial charge in [-0.3, -0.25) is 4.90 Å². The van der Waals surface area contributed by atoms with Gasteiger partial charge in [-0.1, -0.05) is 66.7 Å². The van der Waals surface area contributed by atoms with Crippen molar-refractivity contribution in [2.75, 3.05) is 55.2 Å². The number of benzene rings is 4. The van der Waals surface area contributed by atoms with Crippen LogP contribution in [0.4, 0.5) is 0 Å². The van der Waals surface area contributed by atoms with E-state index in [-0.39, 0.29) is 25.8 Å². The molecular weight excluding hydrogens is 799 g/mol. The van der Waals surface area contributed by atoms with E-state index < -0.39 is 54.5 Å². The monoisotopic (exact) mass is 859 g/mol. The Bertz CT molecular complexity index is 1950. The molecule has 336 valence electrons. The van der Waals surface area contributed by atoms with Gasteiger partial charge in [0.15, 0.2) is 6.29 Å². The topological polar surface area (TPSA) is 134 Å². The van der Waals surface area contributed by atoms with E-state index in [2.05, 4.69) is 4.90 Å². The molecule has 4 aromatic carbocycles. The predicted octanol–water partition coefficient (Wildman–Crippen LogP) is 5.90. The van der Waals surface area contributed by atoms with Crippen molar-refractivity contribution >= 4 is 0 Å². The maximum absolute atomic E-state index is 12.2. The van der Waals surface area contributed by atoms with Crippen LogP contribution in [0.3, 0.4) is 0 Å². The molecule has 7 rings (SSSR count). The first-order chi connectivity index (χ1) is 30.1. The van der Waals surface area contributed by atoms with Gasteiger partial charge in [0, 0.05) is 27.3 Å². The van der Waals surface area contributed by atoms with Gasteiger partial charge in [0.1, 0.15) is 47.8 Å². The highest BCUT2D eigenvalue weighted by Crippen LogP contribution is 2.44. The summed E-state index contributed by atoms with van der Waals surface area (Å²) in [5, 5.41) is 12.2. The minimum absolute atomic E-state index is 0.236. The molecule has 0 amide bonds. The molecule has 4 aromatic rings. The Morgan fingerprint density at radius 2 is 1.08 bits per heavy atom. The van der Waals surface area contributed by atoms with E-state index >= 15 is 0 Å². The molecule has 3 aliphatic rings. The molecule has 0 radical (unpaired) electrons. The Kier molecular flexibility index (Phi) is 15.5. The molecule has 0 spiro atoms. The van der Waals surface area contributed by atoms with Gasteiger partial charge in [-0.05, 0) is 72.5 Å². The van der Waals surface area contributed by atoms with Crippen molar-refractivity contribution in [1.29, 1.82) is 0 Å². The van der Waals surface area contributed by atoms with Crippen LogP contribution in [0.15, 0.2) is 103 Å². The van der Waals surface area contributed by atoms with Crippen LogP contribution >= 0.6 is 0 Å². The summed E-state index contributed by atoms with van der Waals surface area (Å²) in [5.74, 6) is -0.432. The second-order valence-electron chi connectivity index (χ2n) is 16.0. The summed E-state index contributed by atoms with van der Waals surface area (Å²) in [6.45, 7) is 5.71. The lowest BCUT2D eigenvalue weighted by atomic mass is 9.93. The Balaban J connectivity index is 1.17. The lowest BCUT2D eigenvalue weighted by Gasteiger charge is -2.56. The standard InChI is InChI=1S/C48H61NO13/c1-47(54-6)48(2,55-7)62-45-44(61-47)42(50)40(60-46(45)59-30-32-11-9-8-10-12-32)25-49-26-41(57-28-34-15-21-37(52-4)22-16-34)43(58-29-35-17-23-38(53-5)24-18-35)39(49)31-56-27-33-13-19-36(51-3)20-14-33/h8-24,39-46,50H,25-31H2,1-7H3/t39-,40-,41-,42+,43-,44+,45-,46-,47-,48-/m1/s1. The lowest BCUT2D eigenvalue weighted by molar-refractivity contribution is -0.484. The molecule has 1 N–H and O–H groups in total. The molecule has 3 saturated heterocycles. The van der Waals surface area contributed by atoms with Gasteiger partial charge in [-0.25, -0.2) is 0 Å². The molecule has 3 heterocycles. The summed E-state index contributed by atoms with van der Waals surface area (Å²) in [7, 11) is 7.97. The molecule has 62 heavy (non-hydrogen) atoms. The van der Waals surface area contributed by atoms with Gasteiger partial charge >= 0.3 is 0 Å². The van der Waals surface area contributed by atoms with Crippen LogP contribution in [0, 0.1) is 0 Å². The largest absolute Gasteiger partial charge is 0.497 e. The minimum atomic E-state index is -1.37. The van der Waals surface area contributed by atoms with Crippen LogP contribution in [0.1, 0.15) is 36.1 Å². The molecule has 0 aromatic heterocycles. The minimum Gasteiger partial charge on any atom is -0.497 e. The SMILES string of the molecule is COc1ccc(COC[C@@H]2[C@@H](OCc3ccc(OC)cc3)[C@H](OCc3ccc(OC)cc3)CN2C[C@H]2O[C@@H](OCc3ccccc3)[C@@H]3O[C@@](C)(OC)[C@](C)(OC)O[C@H]3[C@H]2O)cc1. The maximum Gasteiger partial charge on any atom is 0.220 e. The van der Waals surface area contributed by atoms with E-state index in [0.717, 1.165) is 39.5 Å². The normalized spacial score (nSPS) is 29.9. The molecular formula is C48H61NO13. The molecule has 3 fully saturated rings. The summed E-state index contributed by atoms with van der Waals surface area (Å²) < 4.78 is 74.3. The van der Waals surface area contributed by atoms with E-state index in [1.165, 1.54) is 14.2 Å². The zero-order valence-electron chi connectivity index (χ0n) is 36.7. The Labute approximate surface area is 364 Å². The van der Waals surface area contributed by atoms with Gasteiger partial charge in [-0.2, -0.15) is 0 Å². The van der Waals surface area contributed by atoms with Gasteiger partial charge in [-0.15, -0.1) is 0 Å². The highest BCUT2D eigenvalue weighted by atomic mass is 16.8. The maximum atomic E-state index is 12.2. The van der Waals surface area contributed by atoms with Crippen LogP contribution in [0.25, 0.3) is 0 Å². The van der Waals surface area contributed by atoms with Crippen molar-refractivity contribution in [3.63, 3.8) is 0 Å². The van der Waals surface area contributed by atoms with Crippen LogP contribution in [-0.4, -0.2) is 126 Å². The molecule has 14 heteroatoms. The average Bonchev–Trinajstić information content (AvgIpc) is 3.64. The number of nitrogens with zero attached hydrogens (tertiary/aromatic N) is 1. The second kappa shape index (κ2) is 21.0. The van der Waals surface area contributed by atoms with E-state index in [1.807, 2.05) is 103 Å². The van der Waals surface area contributed by atoms with Crippen LogP contribution in [0.2, 0.25) is 0 Å². The van der Waals surface area contributed by atoms with Crippen LogP contribution < -0.4 is 14.2 Å². The molecule has 0 saturated carbocycles. The van der Waals surface area contributed by atoms with Crippen molar-refractivity contribution < 1.29 is 61.9 Å². The number of aliphatic hydroxyl groups is 1. The molecule has 0 bridgehead atoms. The third-order valence-corrected chi connectivity index (χ3v) is 12.2. The first-order valence-electron chi connectivity index (χ1n) is 21.0. The fourth-order valence-corrected chi connectivity index (χ4v) is 8.18. The number of likely N-dealkylation sites (tertiary alicyclic amines) is 1. The Hall–Kier alpha value is -4.16. The fourth-order valence-electron chi connectivity index (χ4n) is 8.18. The summed E-state index contributed by atoms with van der Waals surface area (Å²) in [6.07, 6.45) is -5.51. The van der Waals surface area contributed by atoms with Crippen LogP contribution in [-0.2, 0) is 69.1 Å². The first kappa shape index (κ1) is 45.9. The highest BCUT2D eigenvalue weighted by Gasteiger charge is 2.63. The Morgan fingerprint density at radius 1 is 0.597 bits per heavy atom. The quantitative estimate of drug-likeness (QED) is 0.113. The number of fused-ring (bicyclic) bond motifs is 1. The molecule has 0 unspecified atom stereocenters. The van der Waals surface area contributed by atoms with Gasteiger partial charge in [0.05, 0.1) is 66.5 Å². The average molecular weight is 860 g/mol. The summed E-state index contributed by atoms with van der Waals surface area (Å²) in [6, 6.07) is 32.9. The first-order valence-corrected chi connectivity index (χ1v) is 21.0. The number of hydrogen-bond acceptors (Lipinski definition) is 14. The van der Waals surface area contributed by atoms with E-state index in [9.17, 15) is 5.11 Å². The van der Waals surface area contributed by atoms with Crippen molar-refractivity contribution in [3.05, 3.63) is 125 Å². The van der Waals surface area contributed by atoms with Gasteiger partial charge < -0.3 is 61.9 Å². The zero-order chi connectivity index (χ0) is 43.7. The zero-order valence-corrected chi connectivity index (χ0v) is 36.7. The Morgan fingerprint density at radius 3 is 1.61 bits per heavy atom. The highest BCUT2D eigenvalue weighted by molar-refractivity contribution is 5.28. The smallest absolute Gasteiger partial charge is 0.220 e. The van der Waals surface area contributed by atoms with Gasteiger partial charge in [0.25, 0.3) is 0 Å². The van der Waals surface area contributed by atoms with Crippen molar-refractivity contribution in [2.45, 2.75) is 101 Å². The van der Waals surface area contributed by atoms with E-state index in [0.29, 0.717) is 26.4 Å². The van der Waals surface area contributed by atoms with Gasteiger partial charge in [0.2, 0.25) is 11.6 Å². The fraction of sp³-hybridized carbons (Fsp3) is 0.500. The molecule has 0 aliphatic carbocycles. The van der Waals surface area contributed by atoms with Crippen molar-refractivity contribution in [1.82, 2.24) is 4.90 Å². The number of aliphatic hydroxyl groups excluding tert-OH is 1. The summed E-state index contributed by atoms with van der Waals surface area (Å²) in [5.41, 5.74) is 3.91.